The van der Waals surface area contributed by atoms with E-state index in [1.165, 1.54) is 12.0 Å². The van der Waals surface area contributed by atoms with Crippen LogP contribution in [0.3, 0.4) is 0 Å². The predicted octanol–water partition coefficient (Wildman–Crippen LogP) is 3.81. The first-order valence-electron chi connectivity index (χ1n) is 9.10. The van der Waals surface area contributed by atoms with Gasteiger partial charge in [-0.1, -0.05) is 44.2 Å². The van der Waals surface area contributed by atoms with Crippen molar-refractivity contribution in [1.82, 2.24) is 10.2 Å². The Balaban J connectivity index is 0.00000312. The Hall–Kier alpha value is -0.820. The van der Waals surface area contributed by atoms with Crippen LogP contribution >= 0.6 is 24.0 Å². The van der Waals surface area contributed by atoms with Crippen LogP contribution in [0.25, 0.3) is 0 Å². The molecule has 0 aliphatic carbocycles. The maximum absolute atomic E-state index is 5.31. The Labute approximate surface area is 170 Å². The maximum atomic E-state index is 5.31. The number of benzene rings is 1. The molecule has 0 aromatic heterocycles. The highest BCUT2D eigenvalue weighted by molar-refractivity contribution is 14.0. The summed E-state index contributed by atoms with van der Waals surface area (Å²) in [5.41, 5.74) is 1.53. The van der Waals surface area contributed by atoms with Gasteiger partial charge in [-0.05, 0) is 30.7 Å². The van der Waals surface area contributed by atoms with Crippen LogP contribution in [-0.4, -0.2) is 50.8 Å². The molecule has 0 amide bonds. The maximum Gasteiger partial charge on any atom is 0.193 e. The molecule has 1 saturated heterocycles. The number of rotatable bonds is 7. The third kappa shape index (κ3) is 7.52. The van der Waals surface area contributed by atoms with E-state index in [1.807, 2.05) is 0 Å². The summed E-state index contributed by atoms with van der Waals surface area (Å²) < 4.78 is 5.31. The predicted molar refractivity (Wildman–Crippen MR) is 117 cm³/mol. The van der Waals surface area contributed by atoms with Gasteiger partial charge in [-0.15, -0.1) is 24.0 Å². The largest absolute Gasteiger partial charge is 0.384 e. The van der Waals surface area contributed by atoms with Gasteiger partial charge in [0, 0.05) is 39.2 Å². The number of guanidine groups is 1. The number of likely N-dealkylation sites (tertiary alicyclic amines) is 1. The quantitative estimate of drug-likeness (QED) is 0.383. The van der Waals surface area contributed by atoms with Crippen molar-refractivity contribution in [2.24, 2.45) is 16.3 Å². The van der Waals surface area contributed by atoms with Gasteiger partial charge < -0.3 is 15.0 Å². The third-order valence-corrected chi connectivity index (χ3v) is 4.51. The standard InChI is InChI=1S/C20H33N3O.HI/c1-5-21-19(23-12-11-18(14-23)15-24-4)22-16-20(2,3)13-17-9-7-6-8-10-17;/h6-10,18H,5,11-16H2,1-4H3,(H,21,22);1H. The second kappa shape index (κ2) is 11.0. The fraction of sp³-hybridized carbons (Fsp3) is 0.650. The minimum atomic E-state index is 0. The van der Waals surface area contributed by atoms with Crippen LogP contribution in [0.15, 0.2) is 35.3 Å². The van der Waals surface area contributed by atoms with Crippen molar-refractivity contribution in [3.05, 3.63) is 35.9 Å². The molecule has 5 heteroatoms. The molecule has 0 bridgehead atoms. The Morgan fingerprint density at radius 1 is 1.32 bits per heavy atom. The first-order chi connectivity index (χ1) is 11.5. The minimum absolute atomic E-state index is 0. The number of halogens is 1. The molecule has 1 fully saturated rings. The molecule has 0 radical (unpaired) electrons. The number of hydrogen-bond acceptors (Lipinski definition) is 2. The van der Waals surface area contributed by atoms with Crippen molar-refractivity contribution >= 4 is 29.9 Å². The van der Waals surface area contributed by atoms with Gasteiger partial charge >= 0.3 is 0 Å². The SMILES string of the molecule is CCNC(=NCC(C)(C)Cc1ccccc1)N1CCC(COC)C1.I. The highest BCUT2D eigenvalue weighted by Gasteiger charge is 2.25. The van der Waals surface area contributed by atoms with Gasteiger partial charge in [-0.2, -0.15) is 0 Å². The van der Waals surface area contributed by atoms with E-state index in [1.54, 1.807) is 7.11 Å². The van der Waals surface area contributed by atoms with Crippen molar-refractivity contribution in [3.8, 4) is 0 Å². The zero-order valence-electron chi connectivity index (χ0n) is 16.1. The van der Waals surface area contributed by atoms with Crippen LogP contribution in [0.1, 0.15) is 32.8 Å². The van der Waals surface area contributed by atoms with Crippen molar-refractivity contribution in [3.63, 3.8) is 0 Å². The lowest BCUT2D eigenvalue weighted by Gasteiger charge is -2.26. The monoisotopic (exact) mass is 459 g/mol. The van der Waals surface area contributed by atoms with E-state index < -0.39 is 0 Å². The van der Waals surface area contributed by atoms with Crippen LogP contribution in [0, 0.1) is 11.3 Å². The van der Waals surface area contributed by atoms with Crippen molar-refractivity contribution in [1.29, 1.82) is 0 Å². The average molecular weight is 459 g/mol. The highest BCUT2D eigenvalue weighted by Crippen LogP contribution is 2.23. The Bertz CT molecular complexity index is 519. The summed E-state index contributed by atoms with van der Waals surface area (Å²) in [5.74, 6) is 1.67. The van der Waals surface area contributed by atoms with Crippen molar-refractivity contribution < 1.29 is 4.74 Å². The molecular weight excluding hydrogens is 425 g/mol. The molecule has 1 aromatic carbocycles. The first-order valence-corrected chi connectivity index (χ1v) is 9.10. The summed E-state index contributed by atoms with van der Waals surface area (Å²) in [4.78, 5) is 7.33. The second-order valence-electron chi connectivity index (χ2n) is 7.55. The second-order valence-corrected chi connectivity index (χ2v) is 7.55. The fourth-order valence-electron chi connectivity index (χ4n) is 3.32. The van der Waals surface area contributed by atoms with Gasteiger partial charge in [0.05, 0.1) is 6.61 Å². The lowest BCUT2D eigenvalue weighted by atomic mass is 9.86. The minimum Gasteiger partial charge on any atom is -0.384 e. The van der Waals surface area contributed by atoms with E-state index in [2.05, 4.69) is 61.3 Å². The molecule has 1 aromatic rings. The van der Waals surface area contributed by atoms with Gasteiger partial charge in [0.2, 0.25) is 0 Å². The molecule has 1 aliphatic rings. The van der Waals surface area contributed by atoms with E-state index in [-0.39, 0.29) is 29.4 Å². The Morgan fingerprint density at radius 3 is 2.68 bits per heavy atom. The molecule has 2 rings (SSSR count). The Morgan fingerprint density at radius 2 is 2.04 bits per heavy atom. The van der Waals surface area contributed by atoms with Gasteiger partial charge in [-0.25, -0.2) is 0 Å². The molecule has 142 valence electrons. The van der Waals surface area contributed by atoms with E-state index in [0.717, 1.165) is 45.2 Å². The summed E-state index contributed by atoms with van der Waals surface area (Å²) in [6.07, 6.45) is 2.23. The number of methoxy groups -OCH3 is 1. The van der Waals surface area contributed by atoms with E-state index in [9.17, 15) is 0 Å². The van der Waals surface area contributed by atoms with Crippen LogP contribution in [0.4, 0.5) is 0 Å². The molecule has 25 heavy (non-hydrogen) atoms. The number of aliphatic imine (C=N–C) groups is 1. The molecule has 1 atom stereocenters. The summed E-state index contributed by atoms with van der Waals surface area (Å²) >= 11 is 0. The number of nitrogens with one attached hydrogen (secondary N) is 1. The van der Waals surface area contributed by atoms with E-state index in [4.69, 9.17) is 9.73 Å². The smallest absolute Gasteiger partial charge is 0.193 e. The van der Waals surface area contributed by atoms with E-state index >= 15 is 0 Å². The van der Waals surface area contributed by atoms with Gasteiger partial charge in [0.1, 0.15) is 0 Å². The fourth-order valence-corrected chi connectivity index (χ4v) is 3.32. The summed E-state index contributed by atoms with van der Waals surface area (Å²) in [5, 5.41) is 3.46. The molecule has 0 spiro atoms. The molecule has 1 aliphatic heterocycles. The van der Waals surface area contributed by atoms with E-state index in [0.29, 0.717) is 5.92 Å². The topological polar surface area (TPSA) is 36.9 Å². The zero-order valence-corrected chi connectivity index (χ0v) is 18.5. The van der Waals surface area contributed by atoms with Gasteiger partial charge in [0.15, 0.2) is 5.96 Å². The van der Waals surface area contributed by atoms with Crippen LogP contribution in [0.2, 0.25) is 0 Å². The van der Waals surface area contributed by atoms with Gasteiger partial charge in [-0.3, -0.25) is 4.99 Å². The summed E-state index contributed by atoms with van der Waals surface area (Å²) in [7, 11) is 1.79. The summed E-state index contributed by atoms with van der Waals surface area (Å²) in [6, 6.07) is 10.7. The molecule has 0 saturated carbocycles. The lowest BCUT2D eigenvalue weighted by Crippen LogP contribution is -2.41. The highest BCUT2D eigenvalue weighted by atomic mass is 127. The summed E-state index contributed by atoms with van der Waals surface area (Å²) in [6.45, 7) is 11.4. The molecular formula is C20H34IN3O. The van der Waals surface area contributed by atoms with Crippen molar-refractivity contribution in [2.75, 3.05) is 39.9 Å². The van der Waals surface area contributed by atoms with Crippen LogP contribution in [0.5, 0.6) is 0 Å². The number of nitrogens with zero attached hydrogens (tertiary/aromatic N) is 2. The molecule has 1 unspecified atom stereocenters. The van der Waals surface area contributed by atoms with Gasteiger partial charge in [0.25, 0.3) is 0 Å². The number of hydrogen-bond donors (Lipinski definition) is 1. The zero-order chi connectivity index (χ0) is 17.4. The first kappa shape index (κ1) is 22.2. The molecule has 1 heterocycles. The van der Waals surface area contributed by atoms with Crippen LogP contribution in [-0.2, 0) is 11.2 Å². The van der Waals surface area contributed by atoms with Crippen molar-refractivity contribution in [2.45, 2.75) is 33.6 Å². The lowest BCUT2D eigenvalue weighted by molar-refractivity contribution is 0.157. The third-order valence-electron chi connectivity index (χ3n) is 4.51. The molecule has 1 N–H and O–H groups in total. The average Bonchev–Trinajstić information content (AvgIpc) is 3.01. The molecule has 4 nitrogen and oxygen atoms in total. The Kier molecular flexibility index (Phi) is 9.79. The number of ether oxygens (including phenoxy) is 1. The van der Waals surface area contributed by atoms with Crippen LogP contribution < -0.4 is 5.32 Å². The normalized spacial score (nSPS) is 18.2.